The lowest BCUT2D eigenvalue weighted by Gasteiger charge is -2.11. The van der Waals surface area contributed by atoms with Crippen molar-refractivity contribution >= 4 is 23.1 Å². The van der Waals surface area contributed by atoms with E-state index in [1.165, 1.54) is 18.4 Å². The van der Waals surface area contributed by atoms with Crippen LogP contribution in [-0.2, 0) is 6.42 Å². The predicted octanol–water partition coefficient (Wildman–Crippen LogP) is 5.01. The quantitative estimate of drug-likeness (QED) is 0.789. The maximum absolute atomic E-state index is 6.23. The lowest BCUT2D eigenvalue weighted by Crippen LogP contribution is -2.03. The predicted molar refractivity (Wildman–Crippen MR) is 87.5 cm³/mol. The number of rotatable bonds is 5. The first-order valence-corrected chi connectivity index (χ1v) is 7.95. The van der Waals surface area contributed by atoms with Gasteiger partial charge in [0.25, 0.3) is 0 Å². The van der Waals surface area contributed by atoms with Gasteiger partial charge in [0.2, 0.25) is 0 Å². The van der Waals surface area contributed by atoms with Crippen molar-refractivity contribution in [3.63, 3.8) is 0 Å². The zero-order valence-corrected chi connectivity index (χ0v) is 13.2. The minimum Gasteiger partial charge on any atom is -0.340 e. The molecule has 1 aromatic carbocycles. The molecular weight excluding hydrogens is 282 g/mol. The topological polar surface area (TPSA) is 37.8 Å². The minimum atomic E-state index is 0.496. The number of anilines is 2. The van der Waals surface area contributed by atoms with Gasteiger partial charge in [-0.3, -0.25) is 0 Å². The largest absolute Gasteiger partial charge is 0.340 e. The summed E-state index contributed by atoms with van der Waals surface area (Å²) in [6.07, 6.45) is 4.62. The van der Waals surface area contributed by atoms with Gasteiger partial charge in [-0.05, 0) is 43.9 Å². The molecule has 3 nitrogen and oxygen atoms in total. The first-order chi connectivity index (χ1) is 10.2. The molecule has 0 aliphatic heterocycles. The Bertz CT molecular complexity index is 633. The van der Waals surface area contributed by atoms with Crippen LogP contribution in [0.5, 0.6) is 0 Å². The second-order valence-electron chi connectivity index (χ2n) is 5.69. The van der Waals surface area contributed by atoms with Gasteiger partial charge >= 0.3 is 0 Å². The monoisotopic (exact) mass is 301 g/mol. The van der Waals surface area contributed by atoms with E-state index in [0.29, 0.717) is 11.1 Å². The van der Waals surface area contributed by atoms with Crippen molar-refractivity contribution in [2.45, 2.75) is 45.4 Å². The lowest BCUT2D eigenvalue weighted by molar-refractivity contribution is 0.919. The van der Waals surface area contributed by atoms with Gasteiger partial charge in [0.15, 0.2) is 0 Å². The Morgan fingerprint density at radius 1 is 1.19 bits per heavy atom. The summed E-state index contributed by atoms with van der Waals surface area (Å²) >= 11 is 6.23. The molecule has 0 amide bonds. The van der Waals surface area contributed by atoms with Gasteiger partial charge in [0, 0.05) is 17.2 Å². The maximum Gasteiger partial charge on any atom is 0.138 e. The molecule has 0 spiro atoms. The number of hydrogen-bond acceptors (Lipinski definition) is 3. The van der Waals surface area contributed by atoms with Crippen LogP contribution < -0.4 is 5.32 Å². The highest BCUT2D eigenvalue weighted by atomic mass is 35.5. The molecular formula is C17H20ClN3. The first kappa shape index (κ1) is 14.3. The number of nitrogens with zero attached hydrogens (tertiary/aromatic N) is 2. The maximum atomic E-state index is 6.23. The molecule has 1 saturated carbocycles. The van der Waals surface area contributed by atoms with Crippen LogP contribution in [0.1, 0.15) is 49.1 Å². The Balaban J connectivity index is 1.83. The molecule has 1 aromatic heterocycles. The smallest absolute Gasteiger partial charge is 0.138 e. The zero-order valence-electron chi connectivity index (χ0n) is 12.5. The van der Waals surface area contributed by atoms with Crippen molar-refractivity contribution in [1.82, 2.24) is 9.97 Å². The van der Waals surface area contributed by atoms with Crippen LogP contribution in [0, 0.1) is 6.92 Å². The van der Waals surface area contributed by atoms with Crippen LogP contribution in [0.25, 0.3) is 0 Å². The molecule has 0 saturated heterocycles. The number of aryl methyl sites for hydroxylation is 1. The number of halogens is 1. The highest BCUT2D eigenvalue weighted by molar-refractivity contribution is 6.30. The van der Waals surface area contributed by atoms with E-state index in [0.717, 1.165) is 35.7 Å². The second-order valence-corrected chi connectivity index (χ2v) is 6.05. The van der Waals surface area contributed by atoms with Crippen molar-refractivity contribution in [2.24, 2.45) is 0 Å². The fourth-order valence-corrected chi connectivity index (χ4v) is 2.51. The Morgan fingerprint density at radius 3 is 2.52 bits per heavy atom. The van der Waals surface area contributed by atoms with E-state index in [1.807, 2.05) is 6.92 Å². The Labute approximate surface area is 130 Å². The van der Waals surface area contributed by atoms with Gasteiger partial charge in [-0.15, -0.1) is 0 Å². The van der Waals surface area contributed by atoms with E-state index in [2.05, 4.69) is 46.5 Å². The number of hydrogen-bond donors (Lipinski definition) is 1. The van der Waals surface area contributed by atoms with E-state index in [1.54, 1.807) is 0 Å². The van der Waals surface area contributed by atoms with Gasteiger partial charge in [-0.25, -0.2) is 9.97 Å². The third kappa shape index (κ3) is 3.35. The van der Waals surface area contributed by atoms with E-state index in [4.69, 9.17) is 11.6 Å². The highest BCUT2D eigenvalue weighted by Gasteiger charge is 2.28. The van der Waals surface area contributed by atoms with Gasteiger partial charge in [-0.2, -0.15) is 0 Å². The van der Waals surface area contributed by atoms with Crippen LogP contribution >= 0.6 is 11.6 Å². The molecule has 3 rings (SSSR count). The molecule has 21 heavy (non-hydrogen) atoms. The average Bonchev–Trinajstić information content (AvgIpc) is 3.30. The van der Waals surface area contributed by atoms with Gasteiger partial charge < -0.3 is 5.32 Å². The molecule has 2 aromatic rings. The number of nitrogens with one attached hydrogen (secondary N) is 1. The third-order valence-corrected chi connectivity index (χ3v) is 4.17. The molecule has 1 heterocycles. The molecule has 1 fully saturated rings. The molecule has 0 bridgehead atoms. The summed E-state index contributed by atoms with van der Waals surface area (Å²) in [6.45, 7) is 4.14. The van der Waals surface area contributed by atoms with E-state index >= 15 is 0 Å². The normalized spacial score (nSPS) is 14.2. The zero-order chi connectivity index (χ0) is 14.8. The van der Waals surface area contributed by atoms with Crippen LogP contribution in [0.4, 0.5) is 11.5 Å². The van der Waals surface area contributed by atoms with Gasteiger partial charge in [0.1, 0.15) is 16.8 Å². The highest BCUT2D eigenvalue weighted by Crippen LogP contribution is 2.39. The van der Waals surface area contributed by atoms with Crippen molar-refractivity contribution in [1.29, 1.82) is 0 Å². The molecule has 110 valence electrons. The van der Waals surface area contributed by atoms with Gasteiger partial charge in [-0.1, -0.05) is 37.1 Å². The van der Waals surface area contributed by atoms with Crippen LogP contribution in [-0.4, -0.2) is 9.97 Å². The summed E-state index contributed by atoms with van der Waals surface area (Å²) in [5, 5.41) is 3.92. The standard InChI is InChI=1S/C17H20ClN3/c1-3-4-12-5-9-14(10-6-12)19-16-11(2)15(18)20-17(21-16)13-7-8-13/h5-6,9-10,13H,3-4,7-8H2,1-2H3,(H,19,20,21). The van der Waals surface area contributed by atoms with Crippen LogP contribution in [0.2, 0.25) is 5.15 Å². The second kappa shape index (κ2) is 6.02. The fraction of sp³-hybridized carbons (Fsp3) is 0.412. The third-order valence-electron chi connectivity index (χ3n) is 3.80. The Hall–Kier alpha value is -1.61. The molecule has 1 aliphatic rings. The minimum absolute atomic E-state index is 0.496. The van der Waals surface area contributed by atoms with Crippen LogP contribution in [0.15, 0.2) is 24.3 Å². The summed E-state index contributed by atoms with van der Waals surface area (Å²) in [7, 11) is 0. The van der Waals surface area contributed by atoms with Gasteiger partial charge in [0.05, 0.1) is 0 Å². The lowest BCUT2D eigenvalue weighted by atomic mass is 10.1. The number of benzene rings is 1. The van der Waals surface area contributed by atoms with E-state index in [9.17, 15) is 0 Å². The summed E-state index contributed by atoms with van der Waals surface area (Å²) in [6, 6.07) is 8.51. The van der Waals surface area contributed by atoms with Crippen molar-refractivity contribution in [3.8, 4) is 0 Å². The van der Waals surface area contributed by atoms with E-state index in [-0.39, 0.29) is 0 Å². The summed E-state index contributed by atoms with van der Waals surface area (Å²) < 4.78 is 0. The molecule has 1 aliphatic carbocycles. The summed E-state index contributed by atoms with van der Waals surface area (Å²) in [5.41, 5.74) is 3.30. The Morgan fingerprint density at radius 2 is 1.90 bits per heavy atom. The molecule has 4 heteroatoms. The SMILES string of the molecule is CCCc1ccc(Nc2nc(C3CC3)nc(Cl)c2C)cc1. The molecule has 0 radical (unpaired) electrons. The van der Waals surface area contributed by atoms with Crippen LogP contribution in [0.3, 0.4) is 0 Å². The summed E-state index contributed by atoms with van der Waals surface area (Å²) in [4.78, 5) is 9.03. The van der Waals surface area contributed by atoms with E-state index < -0.39 is 0 Å². The van der Waals surface area contributed by atoms with Crippen molar-refractivity contribution in [2.75, 3.05) is 5.32 Å². The first-order valence-electron chi connectivity index (χ1n) is 7.57. The molecule has 0 atom stereocenters. The Kier molecular flexibility index (Phi) is 4.11. The fourth-order valence-electron chi connectivity index (χ4n) is 2.33. The molecule has 0 unspecified atom stereocenters. The molecule has 1 N–H and O–H groups in total. The average molecular weight is 302 g/mol. The number of aromatic nitrogens is 2. The van der Waals surface area contributed by atoms with Crippen molar-refractivity contribution < 1.29 is 0 Å². The summed E-state index contributed by atoms with van der Waals surface area (Å²) in [5.74, 6) is 2.19. The van der Waals surface area contributed by atoms with Crippen molar-refractivity contribution in [3.05, 3.63) is 46.4 Å².